The minimum atomic E-state index is -1.09. The van der Waals surface area contributed by atoms with E-state index in [2.05, 4.69) is 40.5 Å². The number of amides is 5. The smallest absolute Gasteiger partial charge is 0.407 e. The van der Waals surface area contributed by atoms with Gasteiger partial charge in [0.05, 0.1) is 53.8 Å². The molecule has 3 aromatic heterocycles. The zero-order chi connectivity index (χ0) is 63.7. The molecule has 0 fully saturated rings. The quantitative estimate of drug-likeness (QED) is 0.0416. The Labute approximate surface area is 517 Å². The van der Waals surface area contributed by atoms with Crippen LogP contribution in [0, 0.1) is 0 Å². The number of nitrogens with two attached hydrogens (primary N) is 1. The van der Waals surface area contributed by atoms with Gasteiger partial charge in [-0.2, -0.15) is 0 Å². The summed E-state index contributed by atoms with van der Waals surface area (Å²) in [7, 11) is 0. The number of aromatic nitrogens is 6. The minimum Gasteiger partial charge on any atom is -0.480 e. The molecule has 6 N–H and O–H groups in total. The van der Waals surface area contributed by atoms with Crippen molar-refractivity contribution in [2.24, 2.45) is 5.73 Å². The molecule has 9 rings (SSSR count). The summed E-state index contributed by atoms with van der Waals surface area (Å²) < 4.78 is 33.1. The van der Waals surface area contributed by atoms with Gasteiger partial charge in [0.15, 0.2) is 0 Å². The van der Waals surface area contributed by atoms with E-state index in [1.54, 1.807) is 121 Å². The first-order chi connectivity index (χ1) is 41.9. The zero-order valence-electron chi connectivity index (χ0n) is 50.0. The second-order valence-electron chi connectivity index (χ2n) is 21.6. The van der Waals surface area contributed by atoms with Gasteiger partial charge in [-0.25, -0.2) is 39.5 Å². The number of alkyl carbamates (subject to hydrolysis) is 2. The highest BCUT2D eigenvalue weighted by Crippen LogP contribution is 2.39. The van der Waals surface area contributed by atoms with E-state index in [0.29, 0.717) is 76.5 Å². The van der Waals surface area contributed by atoms with Crippen molar-refractivity contribution in [2.75, 3.05) is 40.9 Å². The van der Waals surface area contributed by atoms with Gasteiger partial charge in [0, 0.05) is 60.7 Å². The molecular formula is C60H69ClN12O16. The Bertz CT molecular complexity index is 3560. The summed E-state index contributed by atoms with van der Waals surface area (Å²) in [4.78, 5) is 123. The van der Waals surface area contributed by atoms with Crippen LogP contribution in [0.25, 0.3) is 0 Å². The highest BCUT2D eigenvalue weighted by molar-refractivity contribution is 6.02. The average Bonchev–Trinajstić information content (AvgIpc) is 1.22. The van der Waals surface area contributed by atoms with E-state index >= 15 is 0 Å². The number of benzene rings is 3. The zero-order valence-corrected chi connectivity index (χ0v) is 50.8. The van der Waals surface area contributed by atoms with Crippen molar-refractivity contribution in [3.05, 3.63) is 126 Å². The number of nitrogens with one attached hydrogen (secondary N) is 2. The number of carbonyl (C=O) groups excluding carboxylic acids is 6. The van der Waals surface area contributed by atoms with Crippen molar-refractivity contribution in [1.82, 2.24) is 40.5 Å². The highest BCUT2D eigenvalue weighted by atomic mass is 35.5. The van der Waals surface area contributed by atoms with Crippen LogP contribution in [-0.4, -0.2) is 125 Å². The van der Waals surface area contributed by atoms with Crippen LogP contribution in [0.4, 0.5) is 26.7 Å². The molecule has 6 heterocycles. The van der Waals surface area contributed by atoms with Crippen LogP contribution in [0.3, 0.4) is 0 Å². The van der Waals surface area contributed by atoms with Gasteiger partial charge in [-0.1, -0.05) is 18.2 Å². The molecule has 0 aliphatic carbocycles. The topological polar surface area (TPSA) is 370 Å². The number of aliphatic carboxylic acids is 2. The van der Waals surface area contributed by atoms with E-state index in [4.69, 9.17) is 44.4 Å². The lowest BCUT2D eigenvalue weighted by Gasteiger charge is -2.29. The first kappa shape index (κ1) is 68.0. The minimum absolute atomic E-state index is 0. The third-order valence-electron chi connectivity index (χ3n) is 12.6. The van der Waals surface area contributed by atoms with Crippen LogP contribution < -0.4 is 45.3 Å². The highest BCUT2D eigenvalue weighted by Gasteiger charge is 2.32. The number of anilines is 3. The predicted molar refractivity (Wildman–Crippen MR) is 321 cm³/mol. The summed E-state index contributed by atoms with van der Waals surface area (Å²) in [6.45, 7) is 12.2. The van der Waals surface area contributed by atoms with E-state index in [1.807, 2.05) is 0 Å². The number of ether oxygens (including phenoxy) is 6. The van der Waals surface area contributed by atoms with Crippen LogP contribution in [0.5, 0.6) is 34.9 Å². The van der Waals surface area contributed by atoms with Crippen molar-refractivity contribution < 1.29 is 77.0 Å². The molecule has 0 atom stereocenters. The van der Waals surface area contributed by atoms with Crippen LogP contribution in [0.15, 0.2) is 91.8 Å². The summed E-state index contributed by atoms with van der Waals surface area (Å²) in [5, 5.41) is 23.4. The van der Waals surface area contributed by atoms with E-state index in [-0.39, 0.29) is 100 Å². The number of carboxylic acids is 2. The number of carboxylic acid groups (broad SMARTS) is 2. The van der Waals surface area contributed by atoms with Crippen molar-refractivity contribution in [2.45, 2.75) is 118 Å². The first-order valence-electron chi connectivity index (χ1n) is 27.8. The molecule has 0 saturated carbocycles. The van der Waals surface area contributed by atoms with Crippen LogP contribution in [-0.2, 0) is 81.9 Å². The lowest BCUT2D eigenvalue weighted by Crippen LogP contribution is -2.39. The lowest BCUT2D eigenvalue weighted by atomic mass is 10.00. The Hall–Kier alpha value is -10.1. The molecule has 0 radical (unpaired) electrons. The maximum Gasteiger partial charge on any atom is 0.407 e. The number of carbonyl (C=O) groups is 8. The van der Waals surface area contributed by atoms with E-state index in [1.165, 1.54) is 33.7 Å². The van der Waals surface area contributed by atoms with Gasteiger partial charge in [-0.3, -0.25) is 28.8 Å². The number of hydrogen-bond donors (Lipinski definition) is 5. The Balaban J connectivity index is 0.000000214. The van der Waals surface area contributed by atoms with Crippen molar-refractivity contribution >= 4 is 77.3 Å². The number of esters is 1. The molecule has 5 amide bonds. The van der Waals surface area contributed by atoms with Crippen LogP contribution in [0.2, 0.25) is 0 Å². The molecule has 3 aromatic carbocycles. The van der Waals surface area contributed by atoms with Crippen molar-refractivity contribution in [3.63, 3.8) is 0 Å². The fourth-order valence-corrected chi connectivity index (χ4v) is 8.99. The average molecular weight is 1250 g/mol. The van der Waals surface area contributed by atoms with Gasteiger partial charge < -0.3 is 69.7 Å². The van der Waals surface area contributed by atoms with Gasteiger partial charge in [0.1, 0.15) is 67.1 Å². The molecule has 89 heavy (non-hydrogen) atoms. The number of fused-ring (bicyclic) bond motifs is 3. The molecule has 0 spiro atoms. The third-order valence-corrected chi connectivity index (χ3v) is 12.6. The summed E-state index contributed by atoms with van der Waals surface area (Å²) >= 11 is 0. The summed E-state index contributed by atoms with van der Waals surface area (Å²) in [6.07, 6.45) is 4.98. The fraction of sp³-hybridized carbons (Fsp3) is 0.367. The molecule has 3 aliphatic rings. The van der Waals surface area contributed by atoms with Gasteiger partial charge in [0.2, 0.25) is 35.4 Å². The second kappa shape index (κ2) is 31.0. The Kier molecular flexibility index (Phi) is 23.7. The van der Waals surface area contributed by atoms with Crippen LogP contribution >= 0.6 is 12.4 Å². The molecule has 3 aliphatic heterocycles. The first-order valence-corrected chi connectivity index (χ1v) is 27.8. The normalized spacial score (nSPS) is 13.2. The predicted octanol–water partition coefficient (Wildman–Crippen LogP) is 7.31. The summed E-state index contributed by atoms with van der Waals surface area (Å²) in [5.74, 6) is -0.802. The Morgan fingerprint density at radius 2 is 0.854 bits per heavy atom. The summed E-state index contributed by atoms with van der Waals surface area (Å²) in [6, 6.07) is 20.4. The maximum atomic E-state index is 12.4. The van der Waals surface area contributed by atoms with Gasteiger partial charge >= 0.3 is 30.1 Å². The number of rotatable bonds is 18. The maximum absolute atomic E-state index is 12.4. The molecule has 0 saturated heterocycles. The molecule has 6 aromatic rings. The molecule has 28 nitrogen and oxygen atoms in total. The SMILES string of the molecule is CC(C)(C)OC(=O)NCc1cc(Oc2cccc3c2CCC(=O)N3CC(=O)O)ncn1.CCOC(=O)CN1C(=O)CCc2c(Oc3cc(CNC(=O)OC(C)(C)C)ncn3)cccc21.Cl.NCc1cc(Oc2cccc3c2CCC(=O)N3CC(=O)O)ncn1. The Morgan fingerprint density at radius 1 is 0.517 bits per heavy atom. The fourth-order valence-electron chi connectivity index (χ4n) is 8.99. The summed E-state index contributed by atoms with van der Waals surface area (Å²) in [5.41, 5.74) is 10.0. The molecule has 29 heteroatoms. The lowest BCUT2D eigenvalue weighted by molar-refractivity contribution is -0.142. The van der Waals surface area contributed by atoms with E-state index in [0.717, 1.165) is 16.7 Å². The second-order valence-corrected chi connectivity index (χ2v) is 21.6. The third kappa shape index (κ3) is 20.0. The van der Waals surface area contributed by atoms with Gasteiger partial charge in [-0.05, 0) is 104 Å². The Morgan fingerprint density at radius 3 is 1.18 bits per heavy atom. The number of halogens is 1. The standard InChI is InChI=1S/C23H28N4O6.C21H24N4O6.C16H16N4O4.ClH/c1-5-31-21(29)13-27-17-7-6-8-18(16(17)9-10-20(27)28)32-19-11-15(25-14-26-19)12-24-22(30)33-23(2,3)4;1-21(2,3)31-20(29)22-10-13-9-17(24-12-23-13)30-16-6-4-5-15-14(16)7-8-18(26)25(15)11-19(27)28;17-7-10-6-14(19-9-18-10)24-13-3-1-2-12-11(13)4-5-15(21)20(12)8-16(22)23;/h6-8,11,14H,5,9-10,12-13H2,1-4H3,(H,24,30);4-6,9,12H,7-8,10-11H2,1-3H3,(H,22,29)(H,27,28);1-3,6,9H,4-5,7-8,17H2,(H,22,23);1H. The van der Waals surface area contributed by atoms with Crippen molar-refractivity contribution in [1.29, 1.82) is 0 Å². The van der Waals surface area contributed by atoms with Gasteiger partial charge in [-0.15, -0.1) is 12.4 Å². The largest absolute Gasteiger partial charge is 0.480 e. The number of hydrogen-bond acceptors (Lipinski definition) is 21. The molecule has 0 unspecified atom stereocenters. The van der Waals surface area contributed by atoms with Crippen molar-refractivity contribution in [3.8, 4) is 34.9 Å². The molecule has 0 bridgehead atoms. The number of nitrogens with zero attached hydrogens (tertiary/aromatic N) is 9. The van der Waals surface area contributed by atoms with Gasteiger partial charge in [0.25, 0.3) is 0 Å². The van der Waals surface area contributed by atoms with E-state index < -0.39 is 47.8 Å². The molecule has 472 valence electrons. The van der Waals surface area contributed by atoms with Crippen LogP contribution in [0.1, 0.15) is 102 Å². The van der Waals surface area contributed by atoms with E-state index in [9.17, 15) is 38.4 Å². The molecular weight excluding hydrogens is 1180 g/mol. The monoisotopic (exact) mass is 1250 g/mol.